The lowest BCUT2D eigenvalue weighted by Crippen LogP contribution is -2.40. The van der Waals surface area contributed by atoms with Crippen LogP contribution in [0.4, 0.5) is 18.9 Å². The molecule has 0 aromatic heterocycles. The fraction of sp³-hybridized carbons (Fsp3) is 0.407. The molecule has 0 aliphatic carbocycles. The number of hydrogen-bond donors (Lipinski definition) is 1. The highest BCUT2D eigenvalue weighted by atomic mass is 19.4. The molecule has 0 bridgehead atoms. The first-order chi connectivity index (χ1) is 18.5. The minimum Gasteiger partial charge on any atom is -0.497 e. The average molecular weight is 550 g/mol. The summed E-state index contributed by atoms with van der Waals surface area (Å²) in [6.07, 6.45) is -2.72. The van der Waals surface area contributed by atoms with Crippen LogP contribution in [-0.4, -0.2) is 61.6 Å². The molecule has 2 aromatic rings. The maximum Gasteiger partial charge on any atom is 0.491 e. The Bertz CT molecular complexity index is 1200. The van der Waals surface area contributed by atoms with Crippen molar-refractivity contribution < 1.29 is 41.8 Å². The van der Waals surface area contributed by atoms with E-state index in [0.29, 0.717) is 24.4 Å². The van der Waals surface area contributed by atoms with Gasteiger partial charge in [-0.1, -0.05) is 24.6 Å². The molecule has 12 heteroatoms. The standard InChI is InChI=1S/C27H30F3N3O6/c1-38-20-9-6-19(7-10-20)16-33-22-11-8-18(5-3-2-4-13-31)15-21(22)25(36)32(17-23(33)34)14-12-24(35)39-26(37)27(28,29)30/h6-11,15H,2-5,12-14,16-17,31H2,1H3. The minimum absolute atomic E-state index is 0.148. The number of carbonyl (C=O) groups is 4. The van der Waals surface area contributed by atoms with E-state index in [9.17, 15) is 32.3 Å². The van der Waals surface area contributed by atoms with Crippen molar-refractivity contribution in [3.8, 4) is 5.75 Å². The zero-order chi connectivity index (χ0) is 28.6. The fourth-order valence-corrected chi connectivity index (χ4v) is 4.13. The van der Waals surface area contributed by atoms with Crippen LogP contribution in [0.2, 0.25) is 0 Å². The molecule has 0 fully saturated rings. The number of ether oxygens (including phenoxy) is 2. The van der Waals surface area contributed by atoms with Crippen molar-refractivity contribution >= 4 is 29.4 Å². The SMILES string of the molecule is COc1ccc(CN2C(=O)CN(CCC(=O)OC(=O)C(F)(F)F)C(=O)c3cc(CCCCCN)ccc32)cc1. The number of aryl methyl sites for hydroxylation is 1. The highest BCUT2D eigenvalue weighted by Crippen LogP contribution is 2.30. The predicted molar refractivity (Wildman–Crippen MR) is 135 cm³/mol. The molecule has 0 atom stereocenters. The van der Waals surface area contributed by atoms with Gasteiger partial charge >= 0.3 is 18.1 Å². The van der Waals surface area contributed by atoms with Crippen molar-refractivity contribution in [2.24, 2.45) is 5.73 Å². The van der Waals surface area contributed by atoms with E-state index in [2.05, 4.69) is 4.74 Å². The third kappa shape index (κ3) is 8.03. The lowest BCUT2D eigenvalue weighted by molar-refractivity contribution is -0.201. The van der Waals surface area contributed by atoms with Gasteiger partial charge in [0.2, 0.25) is 5.91 Å². The van der Waals surface area contributed by atoms with Gasteiger partial charge in [-0.3, -0.25) is 14.4 Å². The average Bonchev–Trinajstić information content (AvgIpc) is 3.00. The molecule has 0 spiro atoms. The largest absolute Gasteiger partial charge is 0.497 e. The topological polar surface area (TPSA) is 119 Å². The second kappa shape index (κ2) is 13.2. The zero-order valence-corrected chi connectivity index (χ0v) is 21.5. The number of unbranched alkanes of at least 4 members (excludes halogenated alkanes) is 2. The van der Waals surface area contributed by atoms with Crippen LogP contribution in [0.1, 0.15) is 47.2 Å². The molecule has 1 heterocycles. The molecule has 2 N–H and O–H groups in total. The van der Waals surface area contributed by atoms with Crippen LogP contribution in [0.5, 0.6) is 5.75 Å². The number of rotatable bonds is 11. The third-order valence-electron chi connectivity index (χ3n) is 6.19. The van der Waals surface area contributed by atoms with E-state index in [1.165, 1.54) is 12.0 Å². The number of benzene rings is 2. The van der Waals surface area contributed by atoms with Crippen LogP contribution in [0.15, 0.2) is 42.5 Å². The van der Waals surface area contributed by atoms with Gasteiger partial charge in [0, 0.05) is 6.54 Å². The molecule has 0 saturated heterocycles. The number of nitrogens with two attached hydrogens (primary N) is 1. The number of esters is 2. The van der Waals surface area contributed by atoms with Crippen molar-refractivity contribution in [3.63, 3.8) is 0 Å². The van der Waals surface area contributed by atoms with E-state index in [0.717, 1.165) is 35.3 Å². The number of methoxy groups -OCH3 is 1. The molecule has 0 saturated carbocycles. The summed E-state index contributed by atoms with van der Waals surface area (Å²) in [5.74, 6) is -4.47. The smallest absolute Gasteiger partial charge is 0.491 e. The summed E-state index contributed by atoms with van der Waals surface area (Å²) in [5.41, 5.74) is 7.80. The van der Waals surface area contributed by atoms with Gasteiger partial charge in [-0.15, -0.1) is 0 Å². The number of anilines is 1. The third-order valence-corrected chi connectivity index (χ3v) is 6.19. The van der Waals surface area contributed by atoms with Gasteiger partial charge in [0.1, 0.15) is 12.3 Å². The van der Waals surface area contributed by atoms with Crippen LogP contribution in [0.25, 0.3) is 0 Å². The van der Waals surface area contributed by atoms with Crippen molar-refractivity contribution in [3.05, 3.63) is 59.2 Å². The van der Waals surface area contributed by atoms with E-state index in [1.54, 1.807) is 36.4 Å². The first kappa shape index (κ1) is 29.6. The molecule has 2 aromatic carbocycles. The minimum atomic E-state index is -5.33. The van der Waals surface area contributed by atoms with Gasteiger partial charge in [-0.25, -0.2) is 4.79 Å². The van der Waals surface area contributed by atoms with E-state index >= 15 is 0 Å². The van der Waals surface area contributed by atoms with Crippen LogP contribution in [-0.2, 0) is 32.1 Å². The first-order valence-electron chi connectivity index (χ1n) is 12.4. The zero-order valence-electron chi connectivity index (χ0n) is 21.5. The summed E-state index contributed by atoms with van der Waals surface area (Å²) in [6, 6.07) is 12.3. The molecule has 39 heavy (non-hydrogen) atoms. The van der Waals surface area contributed by atoms with Gasteiger partial charge in [0.05, 0.1) is 31.3 Å². The number of carbonyl (C=O) groups excluding carboxylic acids is 4. The maximum absolute atomic E-state index is 13.5. The molecule has 1 aliphatic rings. The molecule has 1 aliphatic heterocycles. The normalized spacial score (nSPS) is 13.7. The Morgan fingerprint density at radius 3 is 2.33 bits per heavy atom. The number of halogens is 3. The summed E-state index contributed by atoms with van der Waals surface area (Å²) in [4.78, 5) is 52.2. The summed E-state index contributed by atoms with van der Waals surface area (Å²) < 4.78 is 46.2. The van der Waals surface area contributed by atoms with Gasteiger partial charge in [-0.05, 0) is 61.2 Å². The van der Waals surface area contributed by atoms with E-state index in [1.807, 2.05) is 6.07 Å². The number of nitrogens with zero attached hydrogens (tertiary/aromatic N) is 2. The quantitative estimate of drug-likeness (QED) is 0.259. The first-order valence-corrected chi connectivity index (χ1v) is 12.4. The van der Waals surface area contributed by atoms with Gasteiger partial charge in [0.25, 0.3) is 5.91 Å². The van der Waals surface area contributed by atoms with Crippen LogP contribution >= 0.6 is 0 Å². The fourth-order valence-electron chi connectivity index (χ4n) is 4.13. The summed E-state index contributed by atoms with van der Waals surface area (Å²) in [7, 11) is 1.53. The number of fused-ring (bicyclic) bond motifs is 1. The van der Waals surface area contributed by atoms with Crippen molar-refractivity contribution in [2.75, 3.05) is 31.6 Å². The Balaban J connectivity index is 1.85. The highest BCUT2D eigenvalue weighted by Gasteiger charge is 2.42. The molecule has 0 radical (unpaired) electrons. The van der Waals surface area contributed by atoms with E-state index in [4.69, 9.17) is 10.5 Å². The molecule has 9 nitrogen and oxygen atoms in total. The van der Waals surface area contributed by atoms with Gasteiger partial charge in [-0.2, -0.15) is 13.2 Å². The summed E-state index contributed by atoms with van der Waals surface area (Å²) in [6.45, 7) is -0.104. The molecule has 210 valence electrons. The molecule has 2 amide bonds. The van der Waals surface area contributed by atoms with Gasteiger partial charge < -0.3 is 25.0 Å². The molecular weight excluding hydrogens is 519 g/mol. The second-order valence-electron chi connectivity index (χ2n) is 9.01. The van der Waals surface area contributed by atoms with Crippen LogP contribution in [0.3, 0.4) is 0 Å². The number of hydrogen-bond acceptors (Lipinski definition) is 7. The summed E-state index contributed by atoms with van der Waals surface area (Å²) in [5, 5.41) is 0. The van der Waals surface area contributed by atoms with Gasteiger partial charge in [0.15, 0.2) is 0 Å². The summed E-state index contributed by atoms with van der Waals surface area (Å²) >= 11 is 0. The van der Waals surface area contributed by atoms with Crippen LogP contribution in [0, 0.1) is 0 Å². The molecular formula is C27H30F3N3O6. The Kier molecular flexibility index (Phi) is 10.0. The van der Waals surface area contributed by atoms with E-state index < -0.39 is 49.4 Å². The van der Waals surface area contributed by atoms with Crippen molar-refractivity contribution in [2.45, 2.75) is 44.8 Å². The number of alkyl halides is 3. The van der Waals surface area contributed by atoms with Crippen molar-refractivity contribution in [1.29, 1.82) is 0 Å². The Hall–Kier alpha value is -3.93. The Morgan fingerprint density at radius 1 is 1.00 bits per heavy atom. The van der Waals surface area contributed by atoms with Crippen molar-refractivity contribution in [1.82, 2.24) is 4.90 Å². The molecule has 3 rings (SSSR count). The van der Waals surface area contributed by atoms with Crippen LogP contribution < -0.4 is 15.4 Å². The highest BCUT2D eigenvalue weighted by molar-refractivity contribution is 6.09. The maximum atomic E-state index is 13.5. The molecule has 0 unspecified atom stereocenters. The number of amides is 2. The Labute approximate surface area is 223 Å². The lowest BCUT2D eigenvalue weighted by atomic mass is 10.0. The monoisotopic (exact) mass is 549 g/mol. The Morgan fingerprint density at radius 2 is 1.69 bits per heavy atom. The second-order valence-corrected chi connectivity index (χ2v) is 9.01. The van der Waals surface area contributed by atoms with E-state index in [-0.39, 0.29) is 12.1 Å². The predicted octanol–water partition coefficient (Wildman–Crippen LogP) is 3.38. The lowest BCUT2D eigenvalue weighted by Gasteiger charge is -2.23.